The summed E-state index contributed by atoms with van der Waals surface area (Å²) < 4.78 is 40.9. The zero-order valence-corrected chi connectivity index (χ0v) is 17.4. The zero-order valence-electron chi connectivity index (χ0n) is 17.4. The standard InChI is InChI=1S/C23H24F3N3O3/c24-23(25,26)32-19-5-3-15(4-6-19)12-29-13-16-10-18(11-20(30)21(16)22(29)31)28-9-8-27-7-1-2-17(27)14-28/h3-6,10-11,17,30H,1-2,7-9,12-14H2. The number of carbonyl (C=O) groups excluding carboxylic acids is 1. The second-order valence-electron chi connectivity index (χ2n) is 8.63. The fourth-order valence-electron chi connectivity index (χ4n) is 5.03. The molecule has 5 rings (SSSR count). The van der Waals surface area contributed by atoms with Crippen LogP contribution in [0.4, 0.5) is 18.9 Å². The summed E-state index contributed by atoms with van der Waals surface area (Å²) in [5, 5.41) is 10.6. The Morgan fingerprint density at radius 2 is 1.88 bits per heavy atom. The van der Waals surface area contributed by atoms with Crippen LogP contribution in [0.3, 0.4) is 0 Å². The third-order valence-electron chi connectivity index (χ3n) is 6.53. The molecule has 0 spiro atoms. The van der Waals surface area contributed by atoms with Crippen molar-refractivity contribution in [2.75, 3.05) is 31.1 Å². The summed E-state index contributed by atoms with van der Waals surface area (Å²) in [5.41, 5.74) is 2.69. The van der Waals surface area contributed by atoms with Crippen LogP contribution in [-0.4, -0.2) is 59.4 Å². The van der Waals surface area contributed by atoms with E-state index in [1.54, 1.807) is 11.0 Å². The van der Waals surface area contributed by atoms with Gasteiger partial charge in [0, 0.05) is 50.5 Å². The molecule has 3 heterocycles. The number of phenolic OH excluding ortho intramolecular Hbond substituents is 1. The SMILES string of the molecule is O=C1c2c(O)cc(N3CCN4CCCC4C3)cc2CN1Cc1ccc(OC(F)(F)F)cc1. The van der Waals surface area contributed by atoms with Gasteiger partial charge in [0.25, 0.3) is 5.91 Å². The number of benzene rings is 2. The van der Waals surface area contributed by atoms with Gasteiger partial charge >= 0.3 is 6.36 Å². The Morgan fingerprint density at radius 1 is 1.09 bits per heavy atom. The van der Waals surface area contributed by atoms with E-state index in [4.69, 9.17) is 0 Å². The summed E-state index contributed by atoms with van der Waals surface area (Å²) in [6.07, 6.45) is -2.33. The Morgan fingerprint density at radius 3 is 2.62 bits per heavy atom. The van der Waals surface area contributed by atoms with Gasteiger partial charge in [-0.1, -0.05) is 12.1 Å². The van der Waals surface area contributed by atoms with Crippen LogP contribution in [0.25, 0.3) is 0 Å². The molecule has 170 valence electrons. The first-order valence-corrected chi connectivity index (χ1v) is 10.8. The molecule has 32 heavy (non-hydrogen) atoms. The normalized spacial score (nSPS) is 21.1. The molecule has 0 aliphatic carbocycles. The molecule has 3 aliphatic heterocycles. The van der Waals surface area contributed by atoms with Crippen LogP contribution < -0.4 is 9.64 Å². The van der Waals surface area contributed by atoms with Crippen molar-refractivity contribution in [1.29, 1.82) is 0 Å². The highest BCUT2D eigenvalue weighted by atomic mass is 19.4. The van der Waals surface area contributed by atoms with E-state index in [9.17, 15) is 23.1 Å². The number of fused-ring (bicyclic) bond motifs is 2. The van der Waals surface area contributed by atoms with Gasteiger partial charge in [-0.2, -0.15) is 0 Å². The molecule has 2 aromatic carbocycles. The van der Waals surface area contributed by atoms with Gasteiger partial charge in [-0.3, -0.25) is 9.69 Å². The number of halogens is 3. The van der Waals surface area contributed by atoms with E-state index in [1.807, 2.05) is 6.07 Å². The minimum atomic E-state index is -4.74. The Hall–Kier alpha value is -2.94. The third kappa shape index (κ3) is 4.09. The molecule has 1 unspecified atom stereocenters. The number of anilines is 1. The first-order valence-electron chi connectivity index (χ1n) is 10.8. The predicted octanol–water partition coefficient (Wildman–Crippen LogP) is 3.73. The lowest BCUT2D eigenvalue weighted by molar-refractivity contribution is -0.274. The second-order valence-corrected chi connectivity index (χ2v) is 8.63. The first kappa shape index (κ1) is 20.9. The minimum Gasteiger partial charge on any atom is -0.507 e. The zero-order chi connectivity index (χ0) is 22.5. The van der Waals surface area contributed by atoms with Crippen LogP contribution in [0.15, 0.2) is 36.4 Å². The van der Waals surface area contributed by atoms with Gasteiger partial charge in [-0.25, -0.2) is 0 Å². The van der Waals surface area contributed by atoms with Crippen LogP contribution in [0, 0.1) is 0 Å². The highest BCUT2D eigenvalue weighted by molar-refractivity contribution is 6.01. The number of hydrogen-bond donors (Lipinski definition) is 1. The van der Waals surface area contributed by atoms with E-state index in [1.165, 1.54) is 37.1 Å². The van der Waals surface area contributed by atoms with Gasteiger partial charge in [0.2, 0.25) is 0 Å². The summed E-state index contributed by atoms with van der Waals surface area (Å²) in [5.74, 6) is -0.602. The fraction of sp³-hybridized carbons (Fsp3) is 0.435. The van der Waals surface area contributed by atoms with Crippen LogP contribution in [-0.2, 0) is 13.1 Å². The van der Waals surface area contributed by atoms with E-state index in [0.29, 0.717) is 23.7 Å². The van der Waals surface area contributed by atoms with Crippen molar-refractivity contribution in [3.8, 4) is 11.5 Å². The quantitative estimate of drug-likeness (QED) is 0.774. The summed E-state index contributed by atoms with van der Waals surface area (Å²) in [4.78, 5) is 19.3. The van der Waals surface area contributed by atoms with Crippen molar-refractivity contribution in [3.63, 3.8) is 0 Å². The number of ether oxygens (including phenoxy) is 1. The van der Waals surface area contributed by atoms with E-state index >= 15 is 0 Å². The van der Waals surface area contributed by atoms with Crippen molar-refractivity contribution < 1.29 is 27.8 Å². The molecule has 2 saturated heterocycles. The number of aromatic hydroxyl groups is 1. The number of piperazine rings is 1. The molecule has 0 radical (unpaired) electrons. The first-order chi connectivity index (χ1) is 15.3. The lowest BCUT2D eigenvalue weighted by Gasteiger charge is -2.39. The van der Waals surface area contributed by atoms with Crippen molar-refractivity contribution in [2.24, 2.45) is 0 Å². The van der Waals surface area contributed by atoms with E-state index in [0.717, 1.165) is 37.4 Å². The van der Waals surface area contributed by atoms with Crippen molar-refractivity contribution in [2.45, 2.75) is 38.3 Å². The van der Waals surface area contributed by atoms with E-state index in [2.05, 4.69) is 14.5 Å². The lowest BCUT2D eigenvalue weighted by atomic mass is 10.1. The topological polar surface area (TPSA) is 56.2 Å². The largest absolute Gasteiger partial charge is 0.573 e. The molecular weight excluding hydrogens is 423 g/mol. The van der Waals surface area contributed by atoms with E-state index in [-0.39, 0.29) is 24.0 Å². The number of rotatable bonds is 4. The summed E-state index contributed by atoms with van der Waals surface area (Å²) in [7, 11) is 0. The maximum Gasteiger partial charge on any atom is 0.573 e. The van der Waals surface area contributed by atoms with Crippen LogP contribution in [0.2, 0.25) is 0 Å². The monoisotopic (exact) mass is 447 g/mol. The number of amides is 1. The average molecular weight is 447 g/mol. The second kappa shape index (κ2) is 7.88. The molecule has 0 saturated carbocycles. The maximum absolute atomic E-state index is 12.9. The van der Waals surface area contributed by atoms with Crippen LogP contribution in [0.1, 0.15) is 34.3 Å². The molecule has 3 aliphatic rings. The van der Waals surface area contributed by atoms with E-state index < -0.39 is 6.36 Å². The summed E-state index contributed by atoms with van der Waals surface area (Å²) in [6.45, 7) is 4.54. The molecule has 6 nitrogen and oxygen atoms in total. The molecule has 0 bridgehead atoms. The Kier molecular flexibility index (Phi) is 5.16. The van der Waals surface area contributed by atoms with Crippen LogP contribution >= 0.6 is 0 Å². The molecular formula is C23H24F3N3O3. The van der Waals surface area contributed by atoms with Crippen LogP contribution in [0.5, 0.6) is 11.5 Å². The highest BCUT2D eigenvalue weighted by Crippen LogP contribution is 2.37. The Bertz CT molecular complexity index is 1030. The molecule has 1 amide bonds. The third-order valence-corrected chi connectivity index (χ3v) is 6.53. The molecule has 2 aromatic rings. The van der Waals surface area contributed by atoms with Gasteiger partial charge in [0.05, 0.1) is 5.56 Å². The lowest BCUT2D eigenvalue weighted by Crippen LogP contribution is -2.50. The average Bonchev–Trinajstić information content (AvgIpc) is 3.32. The van der Waals surface area contributed by atoms with Gasteiger partial charge in [0.1, 0.15) is 11.5 Å². The Balaban J connectivity index is 1.29. The number of alkyl halides is 3. The molecule has 1 N–H and O–H groups in total. The number of nitrogens with zero attached hydrogens (tertiary/aromatic N) is 3. The van der Waals surface area contributed by atoms with Gasteiger partial charge < -0.3 is 19.6 Å². The summed E-state index contributed by atoms with van der Waals surface area (Å²) >= 11 is 0. The molecule has 2 fully saturated rings. The summed E-state index contributed by atoms with van der Waals surface area (Å²) in [6, 6.07) is 9.67. The molecule has 1 atom stereocenters. The van der Waals surface area contributed by atoms with Crippen molar-refractivity contribution in [1.82, 2.24) is 9.80 Å². The number of hydrogen-bond acceptors (Lipinski definition) is 5. The number of phenols is 1. The van der Waals surface area contributed by atoms with Gasteiger partial charge in [-0.05, 0) is 48.7 Å². The minimum absolute atomic E-state index is 0.0206. The van der Waals surface area contributed by atoms with Gasteiger partial charge in [0.15, 0.2) is 0 Å². The molecule has 9 heteroatoms. The van der Waals surface area contributed by atoms with Crippen molar-refractivity contribution >= 4 is 11.6 Å². The number of carbonyl (C=O) groups is 1. The maximum atomic E-state index is 12.9. The van der Waals surface area contributed by atoms with Gasteiger partial charge in [-0.15, -0.1) is 13.2 Å². The smallest absolute Gasteiger partial charge is 0.507 e. The predicted molar refractivity (Wildman–Crippen MR) is 112 cm³/mol. The Labute approximate surface area is 183 Å². The highest BCUT2D eigenvalue weighted by Gasteiger charge is 2.34. The fourth-order valence-corrected chi connectivity index (χ4v) is 5.03. The molecule has 0 aromatic heterocycles. The van der Waals surface area contributed by atoms with Crippen molar-refractivity contribution in [3.05, 3.63) is 53.1 Å².